The molecular weight excluding hydrogens is 242 g/mol. The van der Waals surface area contributed by atoms with Crippen molar-refractivity contribution < 1.29 is 14.6 Å². The van der Waals surface area contributed by atoms with Gasteiger partial charge >= 0.3 is 0 Å². The molecule has 0 saturated heterocycles. The van der Waals surface area contributed by atoms with E-state index < -0.39 is 17.8 Å². The monoisotopic (exact) mass is 261 g/mol. The predicted octanol–water partition coefficient (Wildman–Crippen LogP) is 1.76. The van der Waals surface area contributed by atoms with Crippen LogP contribution >= 0.6 is 0 Å². The highest BCUT2D eigenvalue weighted by atomic mass is 16.7. The molecule has 1 aromatic carbocycles. The summed E-state index contributed by atoms with van der Waals surface area (Å²) in [5.41, 5.74) is 1.07. The molecule has 1 N–H and O–H groups in total. The van der Waals surface area contributed by atoms with Gasteiger partial charge in [0.2, 0.25) is 0 Å². The number of aliphatic hydroxyl groups is 1. The Balaban J connectivity index is 2.48. The Labute approximate surface area is 113 Å². The fourth-order valence-electron chi connectivity index (χ4n) is 2.94. The van der Waals surface area contributed by atoms with Crippen molar-refractivity contribution in [3.05, 3.63) is 35.4 Å². The third-order valence-electron chi connectivity index (χ3n) is 3.94. The zero-order chi connectivity index (χ0) is 13.9. The maximum absolute atomic E-state index is 10.6. The van der Waals surface area contributed by atoms with Crippen molar-refractivity contribution in [1.29, 1.82) is 5.26 Å². The van der Waals surface area contributed by atoms with Gasteiger partial charge in [0, 0.05) is 14.2 Å². The van der Waals surface area contributed by atoms with Crippen molar-refractivity contribution in [2.24, 2.45) is 0 Å². The van der Waals surface area contributed by atoms with Crippen LogP contribution in [-0.2, 0) is 21.3 Å². The summed E-state index contributed by atoms with van der Waals surface area (Å²) < 4.78 is 10.3. The number of aliphatic hydroxyl groups excluding tert-OH is 1. The highest BCUT2D eigenvalue weighted by Crippen LogP contribution is 2.41. The molecule has 19 heavy (non-hydrogen) atoms. The molecule has 0 aliphatic heterocycles. The van der Waals surface area contributed by atoms with Gasteiger partial charge in [0.25, 0.3) is 0 Å². The maximum atomic E-state index is 10.6. The third kappa shape index (κ3) is 2.25. The molecule has 1 aliphatic rings. The van der Waals surface area contributed by atoms with E-state index in [1.807, 2.05) is 24.3 Å². The van der Waals surface area contributed by atoms with E-state index in [1.54, 1.807) is 0 Å². The first-order chi connectivity index (χ1) is 9.19. The number of aryl methyl sites for hydroxylation is 1. The lowest BCUT2D eigenvalue weighted by atomic mass is 9.67. The Bertz CT molecular complexity index is 479. The fraction of sp³-hybridized carbons (Fsp3) is 0.533. The van der Waals surface area contributed by atoms with E-state index >= 15 is 0 Å². The quantitative estimate of drug-likeness (QED) is 0.839. The van der Waals surface area contributed by atoms with E-state index in [9.17, 15) is 10.4 Å². The second kappa shape index (κ2) is 5.70. The van der Waals surface area contributed by atoms with Crippen molar-refractivity contribution in [3.63, 3.8) is 0 Å². The summed E-state index contributed by atoms with van der Waals surface area (Å²) in [6.45, 7) is 0. The van der Waals surface area contributed by atoms with Crippen LogP contribution in [0.25, 0.3) is 0 Å². The molecule has 4 nitrogen and oxygen atoms in total. The highest BCUT2D eigenvalue weighted by Gasteiger charge is 2.47. The number of hydrogen-bond acceptors (Lipinski definition) is 4. The Morgan fingerprint density at radius 3 is 2.63 bits per heavy atom. The average Bonchev–Trinajstić information content (AvgIpc) is 2.47. The number of fused-ring (bicyclic) bond motifs is 1. The summed E-state index contributed by atoms with van der Waals surface area (Å²) in [6, 6.07) is 10.1. The van der Waals surface area contributed by atoms with Crippen LogP contribution < -0.4 is 0 Å². The summed E-state index contributed by atoms with van der Waals surface area (Å²) in [6.07, 6.45) is 0.628. The van der Waals surface area contributed by atoms with Gasteiger partial charge in [-0.05, 0) is 30.4 Å². The number of nitriles is 1. The Morgan fingerprint density at radius 2 is 2.00 bits per heavy atom. The van der Waals surface area contributed by atoms with Gasteiger partial charge < -0.3 is 14.6 Å². The first-order valence-corrected chi connectivity index (χ1v) is 6.43. The predicted molar refractivity (Wildman–Crippen MR) is 70.5 cm³/mol. The molecule has 0 fully saturated rings. The normalized spacial score (nSPS) is 23.7. The van der Waals surface area contributed by atoms with Gasteiger partial charge in [-0.15, -0.1) is 0 Å². The molecule has 2 atom stereocenters. The summed E-state index contributed by atoms with van der Waals surface area (Å²) in [5, 5.41) is 20.2. The van der Waals surface area contributed by atoms with Gasteiger partial charge in [-0.1, -0.05) is 24.3 Å². The van der Waals surface area contributed by atoms with Crippen LogP contribution in [0.5, 0.6) is 0 Å². The average molecular weight is 261 g/mol. The van der Waals surface area contributed by atoms with Crippen LogP contribution in [0.3, 0.4) is 0 Å². The van der Waals surface area contributed by atoms with Crippen molar-refractivity contribution in [3.8, 4) is 6.07 Å². The van der Waals surface area contributed by atoms with E-state index in [2.05, 4.69) is 6.07 Å². The SMILES string of the molecule is COC(OC)C(O)C1(C#N)CCCc2ccccc21. The van der Waals surface area contributed by atoms with Gasteiger partial charge in [-0.3, -0.25) is 0 Å². The molecule has 0 heterocycles. The zero-order valence-corrected chi connectivity index (χ0v) is 11.3. The number of hydrogen-bond donors (Lipinski definition) is 1. The Kier molecular flexibility index (Phi) is 4.20. The lowest BCUT2D eigenvalue weighted by molar-refractivity contribution is -0.179. The summed E-state index contributed by atoms with van der Waals surface area (Å²) >= 11 is 0. The topological polar surface area (TPSA) is 62.5 Å². The summed E-state index contributed by atoms with van der Waals surface area (Å²) in [4.78, 5) is 0. The minimum Gasteiger partial charge on any atom is -0.386 e. The molecule has 4 heteroatoms. The molecular formula is C15H19NO3. The van der Waals surface area contributed by atoms with Gasteiger partial charge in [-0.2, -0.15) is 5.26 Å². The second-order valence-electron chi connectivity index (χ2n) is 4.88. The third-order valence-corrected chi connectivity index (χ3v) is 3.94. The second-order valence-corrected chi connectivity index (χ2v) is 4.88. The van der Waals surface area contributed by atoms with Crippen molar-refractivity contribution >= 4 is 0 Å². The standard InChI is InChI=1S/C15H19NO3/c1-18-14(19-2)13(17)15(10-16)9-5-7-11-6-3-4-8-12(11)15/h3-4,6,8,13-14,17H,5,7,9H2,1-2H3. The number of methoxy groups -OCH3 is 2. The molecule has 2 rings (SSSR count). The van der Waals surface area contributed by atoms with Crippen LogP contribution in [0.4, 0.5) is 0 Å². The number of rotatable bonds is 4. The highest BCUT2D eigenvalue weighted by molar-refractivity contribution is 5.43. The lowest BCUT2D eigenvalue weighted by Gasteiger charge is -2.39. The van der Waals surface area contributed by atoms with Crippen LogP contribution in [0.15, 0.2) is 24.3 Å². The molecule has 0 spiro atoms. The Morgan fingerprint density at radius 1 is 1.32 bits per heavy atom. The van der Waals surface area contributed by atoms with Gasteiger partial charge in [0.05, 0.1) is 6.07 Å². The molecule has 0 radical (unpaired) electrons. The molecule has 0 amide bonds. The smallest absolute Gasteiger partial charge is 0.184 e. The van der Waals surface area contributed by atoms with Gasteiger partial charge in [0.15, 0.2) is 6.29 Å². The van der Waals surface area contributed by atoms with Crippen LogP contribution in [0.2, 0.25) is 0 Å². The van der Waals surface area contributed by atoms with Crippen LogP contribution in [0, 0.1) is 11.3 Å². The number of ether oxygens (including phenoxy) is 2. The number of benzene rings is 1. The van der Waals surface area contributed by atoms with E-state index in [4.69, 9.17) is 9.47 Å². The molecule has 1 aliphatic carbocycles. The lowest BCUT2D eigenvalue weighted by Crippen LogP contribution is -2.49. The van der Waals surface area contributed by atoms with Crippen molar-refractivity contribution in [2.45, 2.75) is 37.1 Å². The molecule has 0 saturated carbocycles. The minimum absolute atomic E-state index is 0.616. The van der Waals surface area contributed by atoms with E-state index in [0.717, 1.165) is 24.0 Å². The Hall–Kier alpha value is -1.41. The molecule has 0 aromatic heterocycles. The van der Waals surface area contributed by atoms with Gasteiger partial charge in [0.1, 0.15) is 11.5 Å². The minimum atomic E-state index is -1.01. The zero-order valence-electron chi connectivity index (χ0n) is 11.3. The number of nitrogens with zero attached hydrogens (tertiary/aromatic N) is 1. The maximum Gasteiger partial charge on any atom is 0.184 e. The molecule has 1 aromatic rings. The molecule has 2 unspecified atom stereocenters. The summed E-state index contributed by atoms with van der Waals surface area (Å²) in [7, 11) is 2.94. The molecule has 0 bridgehead atoms. The van der Waals surface area contributed by atoms with E-state index in [-0.39, 0.29) is 0 Å². The first kappa shape index (κ1) is 14.0. The van der Waals surface area contributed by atoms with Gasteiger partial charge in [-0.25, -0.2) is 0 Å². The van der Waals surface area contributed by atoms with Crippen LogP contribution in [-0.4, -0.2) is 31.7 Å². The fourth-order valence-corrected chi connectivity index (χ4v) is 2.94. The van der Waals surface area contributed by atoms with E-state index in [0.29, 0.717) is 6.42 Å². The van der Waals surface area contributed by atoms with Crippen LogP contribution in [0.1, 0.15) is 24.0 Å². The van der Waals surface area contributed by atoms with Crippen molar-refractivity contribution in [1.82, 2.24) is 0 Å². The largest absolute Gasteiger partial charge is 0.386 e. The van der Waals surface area contributed by atoms with E-state index in [1.165, 1.54) is 14.2 Å². The summed E-state index contributed by atoms with van der Waals surface area (Å²) in [5.74, 6) is 0. The van der Waals surface area contributed by atoms with Crippen molar-refractivity contribution in [2.75, 3.05) is 14.2 Å². The first-order valence-electron chi connectivity index (χ1n) is 6.43. The molecule has 102 valence electrons.